The van der Waals surface area contributed by atoms with Gasteiger partial charge in [0.25, 0.3) is 10.0 Å². The van der Waals surface area contributed by atoms with E-state index >= 15 is 0 Å². The molecule has 3 aromatic rings. The predicted molar refractivity (Wildman–Crippen MR) is 116 cm³/mol. The quantitative estimate of drug-likeness (QED) is 0.680. The Bertz CT molecular complexity index is 1190. The summed E-state index contributed by atoms with van der Waals surface area (Å²) < 4.78 is 32.9. The molecular weight excluding hydrogens is 400 g/mol. The number of amides is 1. The fraction of sp³-hybridized carbons (Fsp3) is 0.174. The van der Waals surface area contributed by atoms with Crippen molar-refractivity contribution >= 4 is 21.6 Å². The lowest BCUT2D eigenvalue weighted by molar-refractivity contribution is -0.120. The summed E-state index contributed by atoms with van der Waals surface area (Å²) in [6, 6.07) is 21.2. The van der Waals surface area contributed by atoms with Crippen LogP contribution < -0.4 is 14.4 Å². The molecule has 0 aromatic heterocycles. The molecule has 0 aliphatic carbocycles. The van der Waals surface area contributed by atoms with E-state index in [9.17, 15) is 13.2 Å². The Balaban J connectivity index is 1.60. The average Bonchev–Trinajstić information content (AvgIpc) is 2.77. The maximum atomic E-state index is 13.3. The summed E-state index contributed by atoms with van der Waals surface area (Å²) in [6.45, 7) is 1.56. The first-order valence-corrected chi connectivity index (χ1v) is 11.0. The van der Waals surface area contributed by atoms with Crippen molar-refractivity contribution in [2.24, 2.45) is 0 Å². The lowest BCUT2D eigenvalue weighted by atomic mass is 10.0. The molecule has 7 heteroatoms. The molecule has 0 saturated carbocycles. The minimum atomic E-state index is -3.84. The molecule has 30 heavy (non-hydrogen) atoms. The van der Waals surface area contributed by atoms with Crippen molar-refractivity contribution in [2.45, 2.75) is 17.9 Å². The molecule has 1 amide bonds. The minimum Gasteiger partial charge on any atom is -0.497 e. The van der Waals surface area contributed by atoms with Crippen LogP contribution in [-0.4, -0.2) is 28.0 Å². The molecule has 1 unspecified atom stereocenters. The highest BCUT2D eigenvalue weighted by Crippen LogP contribution is 2.42. The Morgan fingerprint density at radius 3 is 2.30 bits per heavy atom. The van der Waals surface area contributed by atoms with Crippen molar-refractivity contribution < 1.29 is 17.9 Å². The number of anilines is 1. The first-order chi connectivity index (χ1) is 14.4. The van der Waals surface area contributed by atoms with Crippen LogP contribution in [0.1, 0.15) is 18.5 Å². The molecular formula is C23H22N2O4S. The molecule has 1 atom stereocenters. The van der Waals surface area contributed by atoms with Gasteiger partial charge in [0.1, 0.15) is 12.3 Å². The molecule has 0 saturated heterocycles. The van der Waals surface area contributed by atoms with Crippen molar-refractivity contribution in [2.75, 3.05) is 18.0 Å². The second-order valence-corrected chi connectivity index (χ2v) is 8.92. The van der Waals surface area contributed by atoms with Gasteiger partial charge in [-0.05, 0) is 36.8 Å². The fourth-order valence-electron chi connectivity index (χ4n) is 3.64. The zero-order chi connectivity index (χ0) is 21.3. The van der Waals surface area contributed by atoms with E-state index in [0.29, 0.717) is 11.3 Å². The third kappa shape index (κ3) is 3.52. The van der Waals surface area contributed by atoms with Gasteiger partial charge in [-0.15, -0.1) is 0 Å². The number of nitrogens with zero attached hydrogens (tertiary/aromatic N) is 1. The van der Waals surface area contributed by atoms with Crippen molar-refractivity contribution in [3.63, 3.8) is 0 Å². The summed E-state index contributed by atoms with van der Waals surface area (Å²) >= 11 is 0. The minimum absolute atomic E-state index is 0.208. The van der Waals surface area contributed by atoms with Crippen LogP contribution in [0.25, 0.3) is 11.1 Å². The molecule has 3 aromatic carbocycles. The number of carbonyl (C=O) groups excluding carboxylic acids is 1. The topological polar surface area (TPSA) is 75.7 Å². The number of fused-ring (bicyclic) bond motifs is 3. The molecule has 0 bridgehead atoms. The van der Waals surface area contributed by atoms with E-state index in [2.05, 4.69) is 5.32 Å². The predicted octanol–water partition coefficient (Wildman–Crippen LogP) is 3.75. The van der Waals surface area contributed by atoms with E-state index in [1.807, 2.05) is 49.4 Å². The van der Waals surface area contributed by atoms with Gasteiger partial charge < -0.3 is 10.1 Å². The van der Waals surface area contributed by atoms with E-state index in [1.165, 1.54) is 4.31 Å². The maximum absolute atomic E-state index is 13.3. The summed E-state index contributed by atoms with van der Waals surface area (Å²) in [7, 11) is -2.25. The molecule has 1 aliphatic rings. The number of nitrogens with one attached hydrogen (secondary N) is 1. The zero-order valence-corrected chi connectivity index (χ0v) is 17.5. The smallest absolute Gasteiger partial charge is 0.265 e. The van der Waals surface area contributed by atoms with Gasteiger partial charge in [0.2, 0.25) is 5.91 Å². The van der Waals surface area contributed by atoms with Crippen molar-refractivity contribution in [1.82, 2.24) is 5.32 Å². The molecule has 1 aliphatic heterocycles. The monoisotopic (exact) mass is 422 g/mol. The van der Waals surface area contributed by atoms with Crippen LogP contribution in [0.2, 0.25) is 0 Å². The number of hydrogen-bond acceptors (Lipinski definition) is 4. The van der Waals surface area contributed by atoms with Gasteiger partial charge in [-0.2, -0.15) is 0 Å². The number of rotatable bonds is 5. The zero-order valence-electron chi connectivity index (χ0n) is 16.7. The summed E-state index contributed by atoms with van der Waals surface area (Å²) in [6.07, 6.45) is 0. The number of benzene rings is 3. The number of hydrogen-bond donors (Lipinski definition) is 1. The van der Waals surface area contributed by atoms with E-state index in [1.54, 1.807) is 37.4 Å². The summed E-state index contributed by atoms with van der Waals surface area (Å²) in [4.78, 5) is 13.0. The Hall–Kier alpha value is -3.32. The molecule has 4 rings (SSSR count). The van der Waals surface area contributed by atoms with Crippen LogP contribution in [-0.2, 0) is 14.8 Å². The fourth-order valence-corrected chi connectivity index (χ4v) is 5.29. The van der Waals surface area contributed by atoms with Gasteiger partial charge in [0.15, 0.2) is 0 Å². The lowest BCUT2D eigenvalue weighted by Gasteiger charge is -2.31. The summed E-state index contributed by atoms with van der Waals surface area (Å²) in [5.74, 6) is 0.350. The van der Waals surface area contributed by atoms with Crippen LogP contribution in [0.5, 0.6) is 5.75 Å². The first kappa shape index (κ1) is 20.0. The van der Waals surface area contributed by atoms with Crippen LogP contribution in [0, 0.1) is 0 Å². The summed E-state index contributed by atoms with van der Waals surface area (Å²) in [5.41, 5.74) is 2.84. The first-order valence-electron chi connectivity index (χ1n) is 9.56. The normalized spacial score (nSPS) is 14.9. The van der Waals surface area contributed by atoms with E-state index < -0.39 is 10.0 Å². The van der Waals surface area contributed by atoms with Crippen molar-refractivity contribution in [3.8, 4) is 16.9 Å². The average molecular weight is 423 g/mol. The second-order valence-electron chi connectivity index (χ2n) is 7.09. The largest absolute Gasteiger partial charge is 0.497 e. The van der Waals surface area contributed by atoms with Crippen LogP contribution in [0.3, 0.4) is 0 Å². The number of carbonyl (C=O) groups is 1. The second kappa shape index (κ2) is 7.84. The third-order valence-corrected chi connectivity index (χ3v) is 7.02. The maximum Gasteiger partial charge on any atom is 0.265 e. The van der Waals surface area contributed by atoms with Gasteiger partial charge in [-0.3, -0.25) is 9.10 Å². The van der Waals surface area contributed by atoms with Crippen LogP contribution in [0.4, 0.5) is 5.69 Å². The van der Waals surface area contributed by atoms with Gasteiger partial charge in [0.05, 0.1) is 23.7 Å². The van der Waals surface area contributed by atoms with Gasteiger partial charge in [-0.1, -0.05) is 48.5 Å². The van der Waals surface area contributed by atoms with Gasteiger partial charge in [-0.25, -0.2) is 8.42 Å². The Morgan fingerprint density at radius 2 is 1.60 bits per heavy atom. The van der Waals surface area contributed by atoms with Crippen molar-refractivity contribution in [1.29, 1.82) is 0 Å². The molecule has 0 spiro atoms. The number of sulfonamides is 1. The SMILES string of the molecule is COc1ccc(C(C)NC(=O)CN2c3ccccc3-c3ccccc3S2(=O)=O)cc1. The van der Waals surface area contributed by atoms with E-state index in [4.69, 9.17) is 4.74 Å². The highest BCUT2D eigenvalue weighted by molar-refractivity contribution is 7.93. The standard InChI is InChI=1S/C23H22N2O4S/c1-16(17-11-13-18(29-2)14-12-17)24-23(26)15-25-21-9-5-3-7-19(21)20-8-4-6-10-22(20)30(25,27)28/h3-14,16H,15H2,1-2H3,(H,24,26). The highest BCUT2D eigenvalue weighted by Gasteiger charge is 2.35. The van der Waals surface area contributed by atoms with Crippen LogP contribution >= 0.6 is 0 Å². The number of ether oxygens (including phenoxy) is 1. The Labute approximate surface area is 176 Å². The summed E-state index contributed by atoms with van der Waals surface area (Å²) in [5, 5.41) is 2.89. The number of methoxy groups -OCH3 is 1. The lowest BCUT2D eigenvalue weighted by Crippen LogP contribution is -2.43. The molecule has 1 heterocycles. The molecule has 154 valence electrons. The van der Waals surface area contributed by atoms with Crippen molar-refractivity contribution in [3.05, 3.63) is 78.4 Å². The molecule has 6 nitrogen and oxygen atoms in total. The third-order valence-electron chi connectivity index (χ3n) is 5.20. The Morgan fingerprint density at radius 1 is 0.967 bits per heavy atom. The van der Waals surface area contributed by atoms with Gasteiger partial charge >= 0.3 is 0 Å². The van der Waals surface area contributed by atoms with Gasteiger partial charge in [0, 0.05) is 11.1 Å². The van der Waals surface area contributed by atoms with E-state index in [-0.39, 0.29) is 23.4 Å². The molecule has 1 N–H and O–H groups in total. The highest BCUT2D eigenvalue weighted by atomic mass is 32.2. The molecule has 0 radical (unpaired) electrons. The van der Waals surface area contributed by atoms with E-state index in [0.717, 1.165) is 16.9 Å². The van der Waals surface area contributed by atoms with Crippen LogP contribution in [0.15, 0.2) is 77.7 Å². The molecule has 0 fully saturated rings. The Kier molecular flexibility index (Phi) is 5.22. The number of para-hydroxylation sites is 1.